The predicted octanol–water partition coefficient (Wildman–Crippen LogP) is 1.43. The van der Waals surface area contributed by atoms with Crippen molar-refractivity contribution in [1.82, 2.24) is 10.2 Å². The highest BCUT2D eigenvalue weighted by molar-refractivity contribution is 6.32. The van der Waals surface area contributed by atoms with Crippen molar-refractivity contribution < 1.29 is 19.2 Å². The summed E-state index contributed by atoms with van der Waals surface area (Å²) in [5, 5.41) is 6.66. The Morgan fingerprint density at radius 2 is 2.00 bits per heavy atom. The largest absolute Gasteiger partial charge is 0.370 e. The number of unbranched alkanes of at least 4 members (excludes halogenated alkanes) is 1. The predicted molar refractivity (Wildman–Crippen MR) is 110 cm³/mol. The van der Waals surface area contributed by atoms with Gasteiger partial charge in [-0.1, -0.05) is 31.0 Å². The highest BCUT2D eigenvalue weighted by Gasteiger charge is 2.70. The van der Waals surface area contributed by atoms with E-state index in [4.69, 9.17) is 17.3 Å². The van der Waals surface area contributed by atoms with Gasteiger partial charge in [0.25, 0.3) is 0 Å². The van der Waals surface area contributed by atoms with Crippen molar-refractivity contribution in [2.75, 3.05) is 11.9 Å². The highest BCUT2D eigenvalue weighted by Crippen LogP contribution is 2.54. The van der Waals surface area contributed by atoms with Gasteiger partial charge in [0.1, 0.15) is 5.54 Å². The number of carbonyl (C=O) groups excluding carboxylic acids is 4. The van der Waals surface area contributed by atoms with E-state index in [2.05, 4.69) is 10.6 Å². The van der Waals surface area contributed by atoms with Gasteiger partial charge in [-0.2, -0.15) is 0 Å². The van der Waals surface area contributed by atoms with E-state index in [1.165, 1.54) is 4.90 Å². The molecule has 30 heavy (non-hydrogen) atoms. The van der Waals surface area contributed by atoms with Crippen LogP contribution in [-0.4, -0.2) is 41.1 Å². The number of halogens is 1. The minimum atomic E-state index is -1.37. The van der Waals surface area contributed by atoms with Crippen LogP contribution in [0.3, 0.4) is 0 Å². The van der Waals surface area contributed by atoms with Gasteiger partial charge in [0.2, 0.25) is 23.6 Å². The number of anilines is 1. The standard InChI is InChI=1S/C21H25ClN4O4/c1-3-4-9-26-18(28)15-13(7-8-14(23)27)25-21(16(15)19(26)29)11-5-6-12(22)10(2)17(11)24-20(21)30/h5-6,13,15-16,25H,3-4,7-9H2,1-2H3,(H2,23,27)(H,24,30). The summed E-state index contributed by atoms with van der Waals surface area (Å²) in [5.41, 5.74) is 5.85. The Hall–Kier alpha value is -2.45. The first kappa shape index (κ1) is 20.8. The number of fused-ring (bicyclic) bond motifs is 4. The molecule has 1 spiro atoms. The zero-order valence-corrected chi connectivity index (χ0v) is 17.7. The number of imide groups is 1. The molecule has 3 aliphatic heterocycles. The summed E-state index contributed by atoms with van der Waals surface area (Å²) in [6, 6.07) is 2.91. The Bertz CT molecular complexity index is 965. The second kappa shape index (κ2) is 7.35. The van der Waals surface area contributed by atoms with Crippen LogP contribution in [0.1, 0.15) is 43.7 Å². The second-order valence-electron chi connectivity index (χ2n) is 8.30. The number of carbonyl (C=O) groups is 4. The summed E-state index contributed by atoms with van der Waals surface area (Å²) in [7, 11) is 0. The highest BCUT2D eigenvalue weighted by atomic mass is 35.5. The third kappa shape index (κ3) is 2.77. The lowest BCUT2D eigenvalue weighted by Gasteiger charge is -2.29. The Kier molecular flexibility index (Phi) is 5.10. The second-order valence-corrected chi connectivity index (χ2v) is 8.71. The van der Waals surface area contributed by atoms with Crippen molar-refractivity contribution in [3.63, 3.8) is 0 Å². The minimum absolute atomic E-state index is 0.0571. The summed E-state index contributed by atoms with van der Waals surface area (Å²) in [6.07, 6.45) is 1.86. The normalized spacial score (nSPS) is 29.5. The van der Waals surface area contributed by atoms with E-state index in [0.29, 0.717) is 34.8 Å². The molecule has 4 N–H and O–H groups in total. The van der Waals surface area contributed by atoms with E-state index >= 15 is 0 Å². The van der Waals surface area contributed by atoms with Gasteiger partial charge < -0.3 is 11.1 Å². The maximum absolute atomic E-state index is 13.4. The molecule has 2 fully saturated rings. The fourth-order valence-corrected chi connectivity index (χ4v) is 5.29. The van der Waals surface area contributed by atoms with Gasteiger partial charge in [-0.3, -0.25) is 29.4 Å². The van der Waals surface area contributed by atoms with Gasteiger partial charge in [0.15, 0.2) is 0 Å². The summed E-state index contributed by atoms with van der Waals surface area (Å²) < 4.78 is 0. The van der Waals surface area contributed by atoms with E-state index in [0.717, 1.165) is 6.42 Å². The monoisotopic (exact) mass is 432 g/mol. The van der Waals surface area contributed by atoms with Crippen LogP contribution in [0.2, 0.25) is 5.02 Å². The first-order valence-electron chi connectivity index (χ1n) is 10.3. The number of nitrogens with two attached hydrogens (primary N) is 1. The third-order valence-corrected chi connectivity index (χ3v) is 7.02. The molecule has 3 aliphatic rings. The molecule has 9 heteroatoms. The van der Waals surface area contributed by atoms with Gasteiger partial charge in [-0.05, 0) is 31.4 Å². The number of nitrogens with one attached hydrogen (secondary N) is 2. The van der Waals surface area contributed by atoms with E-state index in [1.807, 2.05) is 6.92 Å². The molecule has 4 atom stereocenters. The molecule has 160 valence electrons. The maximum Gasteiger partial charge on any atom is 0.250 e. The summed E-state index contributed by atoms with van der Waals surface area (Å²) in [5.74, 6) is -3.10. The molecule has 0 aliphatic carbocycles. The lowest BCUT2D eigenvalue weighted by molar-refractivity contribution is -0.143. The third-order valence-electron chi connectivity index (χ3n) is 6.61. The first-order valence-corrected chi connectivity index (χ1v) is 10.6. The molecule has 0 radical (unpaired) electrons. The Labute approximate surface area is 179 Å². The summed E-state index contributed by atoms with van der Waals surface area (Å²) in [6.45, 7) is 4.11. The number of hydrogen-bond donors (Lipinski definition) is 3. The molecule has 3 heterocycles. The smallest absolute Gasteiger partial charge is 0.250 e. The van der Waals surface area contributed by atoms with Crippen LogP contribution in [0.5, 0.6) is 0 Å². The number of likely N-dealkylation sites (tertiary alicyclic amines) is 1. The SMILES string of the molecule is CCCCN1C(=O)C2C(CCC(N)=O)NC3(C(=O)Nc4c3ccc(Cl)c4C)C2C1=O. The number of rotatable bonds is 6. The number of primary amides is 1. The molecule has 4 unspecified atom stereocenters. The van der Waals surface area contributed by atoms with Gasteiger partial charge >= 0.3 is 0 Å². The minimum Gasteiger partial charge on any atom is -0.370 e. The van der Waals surface area contributed by atoms with Gasteiger partial charge in [0.05, 0.1) is 17.5 Å². The molecule has 8 nitrogen and oxygen atoms in total. The van der Waals surface area contributed by atoms with Crippen molar-refractivity contribution >= 4 is 40.9 Å². The number of nitrogens with zero attached hydrogens (tertiary/aromatic N) is 1. The van der Waals surface area contributed by atoms with Crippen LogP contribution in [0.4, 0.5) is 5.69 Å². The van der Waals surface area contributed by atoms with Gasteiger partial charge in [0, 0.05) is 29.6 Å². The molecular formula is C21H25ClN4O4. The lowest BCUT2D eigenvalue weighted by Crippen LogP contribution is -2.53. The van der Waals surface area contributed by atoms with Crippen LogP contribution < -0.4 is 16.4 Å². The average molecular weight is 433 g/mol. The van der Waals surface area contributed by atoms with Crippen LogP contribution >= 0.6 is 11.6 Å². The Morgan fingerprint density at radius 1 is 1.27 bits per heavy atom. The number of benzene rings is 1. The van der Waals surface area contributed by atoms with Crippen LogP contribution in [0, 0.1) is 18.8 Å². The van der Waals surface area contributed by atoms with Crippen LogP contribution in [0.15, 0.2) is 12.1 Å². The molecule has 2 saturated heterocycles. The van der Waals surface area contributed by atoms with Crippen LogP contribution in [-0.2, 0) is 24.7 Å². The molecule has 0 aromatic heterocycles. The lowest BCUT2D eigenvalue weighted by atomic mass is 9.76. The van der Waals surface area contributed by atoms with Crippen molar-refractivity contribution in [3.8, 4) is 0 Å². The molecule has 4 amide bonds. The van der Waals surface area contributed by atoms with E-state index < -0.39 is 29.3 Å². The summed E-state index contributed by atoms with van der Waals surface area (Å²) >= 11 is 6.24. The van der Waals surface area contributed by atoms with Crippen molar-refractivity contribution in [1.29, 1.82) is 0 Å². The number of amides is 4. The first-order chi connectivity index (χ1) is 14.2. The van der Waals surface area contributed by atoms with E-state index in [1.54, 1.807) is 19.1 Å². The van der Waals surface area contributed by atoms with E-state index in [-0.39, 0.29) is 30.6 Å². The van der Waals surface area contributed by atoms with Gasteiger partial charge in [-0.25, -0.2) is 0 Å². The quantitative estimate of drug-likeness (QED) is 0.587. The molecular weight excluding hydrogens is 408 g/mol. The van der Waals surface area contributed by atoms with Crippen LogP contribution in [0.25, 0.3) is 0 Å². The molecule has 1 aromatic carbocycles. The fraction of sp³-hybridized carbons (Fsp3) is 0.524. The molecule has 1 aromatic rings. The van der Waals surface area contributed by atoms with Crippen molar-refractivity contribution in [3.05, 3.63) is 28.3 Å². The van der Waals surface area contributed by atoms with Crippen molar-refractivity contribution in [2.45, 2.75) is 51.1 Å². The average Bonchev–Trinajstić information content (AvgIpc) is 3.27. The van der Waals surface area contributed by atoms with Crippen molar-refractivity contribution in [2.24, 2.45) is 17.6 Å². The topological polar surface area (TPSA) is 122 Å². The fourth-order valence-electron chi connectivity index (χ4n) is 5.13. The van der Waals surface area contributed by atoms with Gasteiger partial charge in [-0.15, -0.1) is 0 Å². The Morgan fingerprint density at radius 3 is 2.67 bits per heavy atom. The maximum atomic E-state index is 13.4. The number of hydrogen-bond acceptors (Lipinski definition) is 5. The molecule has 0 saturated carbocycles. The zero-order valence-electron chi connectivity index (χ0n) is 17.0. The zero-order chi connectivity index (χ0) is 21.8. The molecule has 0 bridgehead atoms. The van der Waals surface area contributed by atoms with E-state index in [9.17, 15) is 19.2 Å². The molecule has 4 rings (SSSR count). The Balaban J connectivity index is 1.83. The summed E-state index contributed by atoms with van der Waals surface area (Å²) in [4.78, 5) is 52.7.